The fraction of sp³-hybridized carbons (Fsp3) is 0.562. The molecule has 0 saturated heterocycles. The zero-order valence-electron chi connectivity index (χ0n) is 13.9. The number of hydrogen-bond acceptors (Lipinski definition) is 5. The van der Waals surface area contributed by atoms with Crippen LogP contribution in [0.15, 0.2) is 24.3 Å². The van der Waals surface area contributed by atoms with Crippen LogP contribution in [0.3, 0.4) is 0 Å². The topological polar surface area (TPSA) is 72.5 Å². The molecule has 1 atom stereocenters. The quantitative estimate of drug-likeness (QED) is 0.697. The van der Waals surface area contributed by atoms with Gasteiger partial charge in [0.05, 0.1) is 6.04 Å². The van der Waals surface area contributed by atoms with Gasteiger partial charge in [0.1, 0.15) is 5.75 Å². The smallest absolute Gasteiger partial charge is 0.358 e. The lowest BCUT2D eigenvalue weighted by Gasteiger charge is -2.22. The van der Waals surface area contributed by atoms with E-state index in [1.807, 2.05) is 27.7 Å². The highest BCUT2D eigenvalue weighted by Crippen LogP contribution is 2.17. The second kappa shape index (κ2) is 8.40. The summed E-state index contributed by atoms with van der Waals surface area (Å²) in [5, 5.41) is 3.27. The number of benzene rings is 1. The van der Waals surface area contributed by atoms with Crippen LogP contribution in [-0.4, -0.2) is 26.3 Å². The molecule has 0 radical (unpaired) electrons. The Kier molecular flexibility index (Phi) is 7.15. The summed E-state index contributed by atoms with van der Waals surface area (Å²) in [4.78, 5) is 12.2. The van der Waals surface area contributed by atoms with Gasteiger partial charge < -0.3 is 9.50 Å². The Morgan fingerprint density at radius 1 is 1.17 bits per heavy atom. The standard InChI is InChI=1S/C16H24FNO4S/c1-11(2)16(19)15(18-12(3)4)10-7-13-5-8-14(9-6-13)22-23(17,20)21/h5-6,8-9,11-12,15,18H,7,10H2,1-4H3/t15-/m0/s1. The molecule has 1 N–H and O–H groups in total. The predicted octanol–water partition coefficient (Wildman–Crippen LogP) is 2.80. The first kappa shape index (κ1) is 19.6. The molecule has 0 heterocycles. The predicted molar refractivity (Wildman–Crippen MR) is 87.3 cm³/mol. The van der Waals surface area contributed by atoms with Crippen LogP contribution in [0, 0.1) is 5.92 Å². The molecule has 0 aliphatic heterocycles. The van der Waals surface area contributed by atoms with Crippen LogP contribution in [0.1, 0.15) is 39.7 Å². The van der Waals surface area contributed by atoms with E-state index >= 15 is 0 Å². The minimum absolute atomic E-state index is 0.0446. The Balaban J connectivity index is 2.68. The number of carbonyl (C=O) groups excluding carboxylic acids is 1. The third kappa shape index (κ3) is 7.56. The highest BCUT2D eigenvalue weighted by Gasteiger charge is 2.21. The number of carbonyl (C=O) groups is 1. The number of halogens is 1. The summed E-state index contributed by atoms with van der Waals surface area (Å²) >= 11 is 0. The molecule has 0 bridgehead atoms. The number of ketones is 1. The average Bonchev–Trinajstić information content (AvgIpc) is 2.42. The fourth-order valence-electron chi connectivity index (χ4n) is 2.25. The Morgan fingerprint density at radius 2 is 1.74 bits per heavy atom. The van der Waals surface area contributed by atoms with Crippen LogP contribution in [-0.2, 0) is 21.7 Å². The maximum absolute atomic E-state index is 12.4. The van der Waals surface area contributed by atoms with Crippen molar-refractivity contribution in [1.82, 2.24) is 5.32 Å². The van der Waals surface area contributed by atoms with E-state index in [1.54, 1.807) is 12.1 Å². The fourth-order valence-corrected chi connectivity index (χ4v) is 2.59. The summed E-state index contributed by atoms with van der Waals surface area (Å²) in [6, 6.07) is 6.08. The van der Waals surface area contributed by atoms with E-state index in [4.69, 9.17) is 0 Å². The van der Waals surface area contributed by atoms with Gasteiger partial charge in [0, 0.05) is 12.0 Å². The van der Waals surface area contributed by atoms with E-state index in [2.05, 4.69) is 9.50 Å². The van der Waals surface area contributed by atoms with Gasteiger partial charge in [-0.2, -0.15) is 8.42 Å². The van der Waals surface area contributed by atoms with Crippen molar-refractivity contribution in [3.05, 3.63) is 29.8 Å². The van der Waals surface area contributed by atoms with Crippen molar-refractivity contribution >= 4 is 16.3 Å². The van der Waals surface area contributed by atoms with Crippen LogP contribution in [0.4, 0.5) is 3.89 Å². The molecule has 5 nitrogen and oxygen atoms in total. The van der Waals surface area contributed by atoms with Gasteiger partial charge in [-0.1, -0.05) is 43.7 Å². The molecule has 0 aliphatic rings. The van der Waals surface area contributed by atoms with Gasteiger partial charge in [-0.05, 0) is 30.5 Å². The molecular weight excluding hydrogens is 321 g/mol. The highest BCUT2D eigenvalue weighted by atomic mass is 32.3. The summed E-state index contributed by atoms with van der Waals surface area (Å²) < 4.78 is 37.4. The largest absolute Gasteiger partial charge is 0.488 e. The van der Waals surface area contributed by atoms with Gasteiger partial charge in [0.25, 0.3) is 0 Å². The molecule has 1 rings (SSSR count). The van der Waals surface area contributed by atoms with Crippen LogP contribution in [0.2, 0.25) is 0 Å². The van der Waals surface area contributed by atoms with Crippen LogP contribution in [0.5, 0.6) is 5.75 Å². The monoisotopic (exact) mass is 345 g/mol. The number of Topliss-reactive ketones (excluding diaryl/α,β-unsaturated/α-hetero) is 1. The van der Waals surface area contributed by atoms with Crippen molar-refractivity contribution in [2.24, 2.45) is 5.92 Å². The molecule has 0 unspecified atom stereocenters. The summed E-state index contributed by atoms with van der Waals surface area (Å²) in [5.41, 5.74) is 0.917. The summed E-state index contributed by atoms with van der Waals surface area (Å²) in [5.74, 6) is 0.0466. The van der Waals surface area contributed by atoms with Crippen molar-refractivity contribution in [2.45, 2.75) is 52.6 Å². The zero-order valence-corrected chi connectivity index (χ0v) is 14.7. The second-order valence-corrected chi connectivity index (χ2v) is 7.04. The number of aryl methyl sites for hydroxylation is 1. The first-order valence-corrected chi connectivity index (χ1v) is 8.92. The van der Waals surface area contributed by atoms with Crippen molar-refractivity contribution in [1.29, 1.82) is 0 Å². The van der Waals surface area contributed by atoms with Crippen molar-refractivity contribution in [3.63, 3.8) is 0 Å². The Morgan fingerprint density at radius 3 is 2.17 bits per heavy atom. The van der Waals surface area contributed by atoms with E-state index in [9.17, 15) is 17.1 Å². The maximum Gasteiger partial charge on any atom is 0.488 e. The van der Waals surface area contributed by atoms with Gasteiger partial charge in [-0.3, -0.25) is 4.79 Å². The molecule has 7 heteroatoms. The Hall–Kier alpha value is -1.47. The van der Waals surface area contributed by atoms with Crippen molar-refractivity contribution < 1.29 is 21.3 Å². The summed E-state index contributed by atoms with van der Waals surface area (Å²) in [6.07, 6.45) is 1.28. The van der Waals surface area contributed by atoms with E-state index in [0.717, 1.165) is 5.56 Å². The third-order valence-electron chi connectivity index (χ3n) is 3.29. The molecule has 130 valence electrons. The molecule has 0 aromatic heterocycles. The number of rotatable bonds is 9. The van der Waals surface area contributed by atoms with Crippen LogP contribution in [0.25, 0.3) is 0 Å². The molecule has 0 amide bonds. The van der Waals surface area contributed by atoms with E-state index in [-0.39, 0.29) is 29.5 Å². The summed E-state index contributed by atoms with van der Waals surface area (Å²) in [7, 11) is -5.00. The zero-order chi connectivity index (χ0) is 17.6. The maximum atomic E-state index is 12.4. The van der Waals surface area contributed by atoms with Crippen LogP contribution >= 0.6 is 0 Å². The van der Waals surface area contributed by atoms with Gasteiger partial charge >= 0.3 is 10.5 Å². The molecule has 0 spiro atoms. The van der Waals surface area contributed by atoms with Crippen molar-refractivity contribution in [3.8, 4) is 5.75 Å². The molecular formula is C16H24FNO4S. The molecule has 0 fully saturated rings. The SMILES string of the molecule is CC(C)N[C@@H](CCc1ccc(OS(=O)(=O)F)cc1)C(=O)C(C)C. The second-order valence-electron chi connectivity index (χ2n) is 6.09. The first-order chi connectivity index (χ1) is 10.6. The van der Waals surface area contributed by atoms with Gasteiger partial charge in [0.15, 0.2) is 5.78 Å². The number of nitrogens with one attached hydrogen (secondary N) is 1. The minimum atomic E-state index is -5.00. The molecule has 23 heavy (non-hydrogen) atoms. The van der Waals surface area contributed by atoms with Crippen LogP contribution < -0.4 is 9.50 Å². The molecule has 1 aromatic rings. The Labute approximate surface area is 137 Å². The lowest BCUT2D eigenvalue weighted by Crippen LogP contribution is -2.43. The molecule has 0 aliphatic carbocycles. The lowest BCUT2D eigenvalue weighted by molar-refractivity contribution is -0.124. The van der Waals surface area contributed by atoms with Crippen molar-refractivity contribution in [2.75, 3.05) is 0 Å². The van der Waals surface area contributed by atoms with Gasteiger partial charge in [-0.25, -0.2) is 0 Å². The lowest BCUT2D eigenvalue weighted by atomic mass is 9.95. The summed E-state index contributed by atoms with van der Waals surface area (Å²) in [6.45, 7) is 7.73. The van der Waals surface area contributed by atoms with E-state index in [1.165, 1.54) is 12.1 Å². The Bertz CT molecular complexity index is 611. The molecule has 0 saturated carbocycles. The molecule has 1 aromatic carbocycles. The third-order valence-corrected chi connectivity index (χ3v) is 3.68. The number of hydrogen-bond donors (Lipinski definition) is 1. The van der Waals surface area contributed by atoms with E-state index < -0.39 is 10.5 Å². The van der Waals surface area contributed by atoms with Gasteiger partial charge in [0.2, 0.25) is 0 Å². The normalized spacial score (nSPS) is 13.3. The van der Waals surface area contributed by atoms with E-state index in [0.29, 0.717) is 12.8 Å². The minimum Gasteiger partial charge on any atom is -0.358 e. The average molecular weight is 345 g/mol. The first-order valence-electron chi connectivity index (χ1n) is 7.61. The highest BCUT2D eigenvalue weighted by molar-refractivity contribution is 7.81. The van der Waals surface area contributed by atoms with Gasteiger partial charge in [-0.15, -0.1) is 0 Å².